The molecule has 130 valence electrons. The van der Waals surface area contributed by atoms with E-state index in [0.717, 1.165) is 5.56 Å². The summed E-state index contributed by atoms with van der Waals surface area (Å²) in [6.07, 6.45) is -0.337. The number of fused-ring (bicyclic) bond motifs is 1. The normalized spacial score (nSPS) is 15.6. The van der Waals surface area contributed by atoms with Gasteiger partial charge in [0, 0.05) is 0 Å². The predicted molar refractivity (Wildman–Crippen MR) is 95.1 cm³/mol. The summed E-state index contributed by atoms with van der Waals surface area (Å²) in [7, 11) is 0. The van der Waals surface area contributed by atoms with E-state index >= 15 is 0 Å². The highest BCUT2D eigenvalue weighted by Crippen LogP contribution is 2.31. The Morgan fingerprint density at radius 1 is 1.28 bits per heavy atom. The summed E-state index contributed by atoms with van der Waals surface area (Å²) in [5.41, 5.74) is 2.00. The summed E-state index contributed by atoms with van der Waals surface area (Å²) < 4.78 is 11.0. The molecule has 0 radical (unpaired) electrons. The highest BCUT2D eigenvalue weighted by atomic mass is 16.5. The molecule has 2 N–H and O–H groups in total. The first kappa shape index (κ1) is 16.8. The van der Waals surface area contributed by atoms with Crippen molar-refractivity contribution in [3.8, 4) is 11.5 Å². The lowest BCUT2D eigenvalue weighted by molar-refractivity contribution is -0.122. The van der Waals surface area contributed by atoms with Crippen LogP contribution in [0.15, 0.2) is 42.5 Å². The zero-order valence-corrected chi connectivity index (χ0v) is 14.2. The van der Waals surface area contributed by atoms with Crippen LogP contribution in [0, 0.1) is 0 Å². The minimum atomic E-state index is -0.517. The van der Waals surface area contributed by atoms with Gasteiger partial charge in [0.15, 0.2) is 6.10 Å². The minimum Gasteiger partial charge on any atom is -0.492 e. The van der Waals surface area contributed by atoms with Gasteiger partial charge in [0.1, 0.15) is 11.5 Å². The molecule has 6 heteroatoms. The quantitative estimate of drug-likeness (QED) is 0.877. The topological polar surface area (TPSA) is 76.7 Å². The third-order valence-corrected chi connectivity index (χ3v) is 3.80. The Morgan fingerprint density at radius 3 is 2.88 bits per heavy atom. The van der Waals surface area contributed by atoms with Gasteiger partial charge in [-0.2, -0.15) is 0 Å². The predicted octanol–water partition coefficient (Wildman–Crippen LogP) is 2.99. The molecule has 2 aromatic carbocycles. The number of benzene rings is 2. The molecule has 1 aliphatic heterocycles. The molecule has 0 saturated heterocycles. The summed E-state index contributed by atoms with van der Waals surface area (Å²) in [5.74, 6) is 0.889. The fourth-order valence-corrected chi connectivity index (χ4v) is 2.60. The molecule has 0 bridgehead atoms. The van der Waals surface area contributed by atoms with Gasteiger partial charge in [0.2, 0.25) is 5.91 Å². The molecule has 1 unspecified atom stereocenters. The molecule has 2 amide bonds. The fraction of sp³-hybridized carbons (Fsp3) is 0.263. The number of ether oxygens (including phenoxy) is 2. The van der Waals surface area contributed by atoms with Gasteiger partial charge in [-0.15, -0.1) is 0 Å². The SMILES string of the molecule is CCOc1ccccc1NC(=O)Cc1ccc2c(c1)NC(=O)C(C)O2. The monoisotopic (exact) mass is 340 g/mol. The van der Waals surface area contributed by atoms with E-state index in [-0.39, 0.29) is 18.2 Å². The molecular weight excluding hydrogens is 320 g/mol. The van der Waals surface area contributed by atoms with Crippen molar-refractivity contribution < 1.29 is 19.1 Å². The van der Waals surface area contributed by atoms with Gasteiger partial charge in [-0.1, -0.05) is 18.2 Å². The molecule has 0 spiro atoms. The molecule has 6 nitrogen and oxygen atoms in total. The smallest absolute Gasteiger partial charge is 0.265 e. The summed E-state index contributed by atoms with van der Waals surface area (Å²) in [6.45, 7) is 4.11. The number of carbonyl (C=O) groups is 2. The summed E-state index contributed by atoms with van der Waals surface area (Å²) in [6, 6.07) is 12.6. The molecule has 25 heavy (non-hydrogen) atoms. The van der Waals surface area contributed by atoms with Gasteiger partial charge in [-0.3, -0.25) is 9.59 Å². The largest absolute Gasteiger partial charge is 0.492 e. The van der Waals surface area contributed by atoms with Gasteiger partial charge in [-0.25, -0.2) is 0 Å². The first-order valence-corrected chi connectivity index (χ1v) is 8.19. The van der Waals surface area contributed by atoms with Crippen LogP contribution in [0.25, 0.3) is 0 Å². The number of para-hydroxylation sites is 2. The van der Waals surface area contributed by atoms with Crippen molar-refractivity contribution >= 4 is 23.2 Å². The minimum absolute atomic E-state index is 0.163. The molecule has 0 aliphatic carbocycles. The molecule has 0 aromatic heterocycles. The highest BCUT2D eigenvalue weighted by molar-refractivity contribution is 5.98. The number of amides is 2. The maximum Gasteiger partial charge on any atom is 0.265 e. The second-order valence-corrected chi connectivity index (χ2v) is 5.73. The van der Waals surface area contributed by atoms with E-state index in [0.29, 0.717) is 29.5 Å². The first-order chi connectivity index (χ1) is 12.1. The standard InChI is InChI=1S/C19H20N2O4/c1-3-24-16-7-5-4-6-14(16)20-18(22)11-13-8-9-17-15(10-13)21-19(23)12(2)25-17/h4-10,12H,3,11H2,1-2H3,(H,20,22)(H,21,23). The Hall–Kier alpha value is -3.02. The van der Waals surface area contributed by atoms with E-state index in [1.54, 1.807) is 25.1 Å². The van der Waals surface area contributed by atoms with Crippen molar-refractivity contribution in [2.24, 2.45) is 0 Å². The van der Waals surface area contributed by atoms with Crippen molar-refractivity contribution in [1.82, 2.24) is 0 Å². The third kappa shape index (κ3) is 3.91. The second-order valence-electron chi connectivity index (χ2n) is 5.73. The van der Waals surface area contributed by atoms with E-state index in [9.17, 15) is 9.59 Å². The number of rotatable bonds is 5. The van der Waals surface area contributed by atoms with E-state index in [2.05, 4.69) is 10.6 Å². The Labute approximate surface area is 146 Å². The van der Waals surface area contributed by atoms with Crippen molar-refractivity contribution in [2.75, 3.05) is 17.2 Å². The van der Waals surface area contributed by atoms with Crippen LogP contribution in [0.4, 0.5) is 11.4 Å². The van der Waals surface area contributed by atoms with Crippen LogP contribution in [0.5, 0.6) is 11.5 Å². The number of nitrogens with one attached hydrogen (secondary N) is 2. The van der Waals surface area contributed by atoms with Gasteiger partial charge >= 0.3 is 0 Å². The molecule has 0 fully saturated rings. The molecule has 1 atom stereocenters. The zero-order chi connectivity index (χ0) is 17.8. The van der Waals surface area contributed by atoms with Crippen LogP contribution in [0.3, 0.4) is 0 Å². The lowest BCUT2D eigenvalue weighted by Gasteiger charge is -2.23. The molecule has 1 heterocycles. The van der Waals surface area contributed by atoms with E-state index in [1.807, 2.05) is 31.2 Å². The van der Waals surface area contributed by atoms with Gasteiger partial charge in [0.05, 0.1) is 24.4 Å². The van der Waals surface area contributed by atoms with E-state index in [1.165, 1.54) is 0 Å². The summed E-state index contributed by atoms with van der Waals surface area (Å²) in [5, 5.41) is 5.64. The number of hydrogen-bond acceptors (Lipinski definition) is 4. The molecule has 3 rings (SSSR count). The van der Waals surface area contributed by atoms with Crippen molar-refractivity contribution in [1.29, 1.82) is 0 Å². The van der Waals surface area contributed by atoms with Crippen molar-refractivity contribution in [2.45, 2.75) is 26.4 Å². The van der Waals surface area contributed by atoms with Crippen LogP contribution < -0.4 is 20.1 Å². The average Bonchev–Trinajstić information content (AvgIpc) is 2.58. The average molecular weight is 340 g/mol. The third-order valence-electron chi connectivity index (χ3n) is 3.80. The Kier molecular flexibility index (Phi) is 4.88. The lowest BCUT2D eigenvalue weighted by atomic mass is 10.1. The second kappa shape index (κ2) is 7.25. The number of anilines is 2. The lowest BCUT2D eigenvalue weighted by Crippen LogP contribution is -2.34. The van der Waals surface area contributed by atoms with Gasteiger partial charge < -0.3 is 20.1 Å². The zero-order valence-electron chi connectivity index (χ0n) is 14.2. The van der Waals surface area contributed by atoms with Crippen LogP contribution >= 0.6 is 0 Å². The Bertz CT molecular complexity index is 804. The number of hydrogen-bond donors (Lipinski definition) is 2. The van der Waals surface area contributed by atoms with Crippen LogP contribution in [0.1, 0.15) is 19.4 Å². The Morgan fingerprint density at radius 2 is 2.08 bits per heavy atom. The molecule has 2 aromatic rings. The first-order valence-electron chi connectivity index (χ1n) is 8.19. The Balaban J connectivity index is 1.70. The molecular formula is C19H20N2O4. The van der Waals surface area contributed by atoms with Gasteiger partial charge in [0.25, 0.3) is 5.91 Å². The van der Waals surface area contributed by atoms with Gasteiger partial charge in [-0.05, 0) is 43.7 Å². The maximum absolute atomic E-state index is 12.3. The van der Waals surface area contributed by atoms with E-state index in [4.69, 9.17) is 9.47 Å². The highest BCUT2D eigenvalue weighted by Gasteiger charge is 2.23. The van der Waals surface area contributed by atoms with Crippen LogP contribution in [0.2, 0.25) is 0 Å². The van der Waals surface area contributed by atoms with E-state index < -0.39 is 6.10 Å². The fourth-order valence-electron chi connectivity index (χ4n) is 2.60. The van der Waals surface area contributed by atoms with Crippen LogP contribution in [-0.2, 0) is 16.0 Å². The molecule has 1 aliphatic rings. The van der Waals surface area contributed by atoms with Crippen LogP contribution in [-0.4, -0.2) is 24.5 Å². The maximum atomic E-state index is 12.3. The van der Waals surface area contributed by atoms with Crippen molar-refractivity contribution in [3.05, 3.63) is 48.0 Å². The summed E-state index contributed by atoms with van der Waals surface area (Å²) in [4.78, 5) is 24.0. The summed E-state index contributed by atoms with van der Waals surface area (Å²) >= 11 is 0. The number of carbonyl (C=O) groups excluding carboxylic acids is 2. The molecule has 0 saturated carbocycles. The van der Waals surface area contributed by atoms with Crippen molar-refractivity contribution in [3.63, 3.8) is 0 Å².